The van der Waals surface area contributed by atoms with Gasteiger partial charge in [-0.15, -0.1) is 0 Å². The fraction of sp³-hybridized carbons (Fsp3) is 0.619. The molecule has 0 unspecified atom stereocenters. The summed E-state index contributed by atoms with van der Waals surface area (Å²) in [6.07, 6.45) is -0.462. The average molecular weight is 426 g/mol. The molecule has 6 nitrogen and oxygen atoms in total. The molecule has 1 aromatic rings. The Bertz CT molecular complexity index is 718. The number of rotatable bonds is 4. The lowest BCUT2D eigenvalue weighted by molar-refractivity contribution is -0.145. The van der Waals surface area contributed by atoms with Gasteiger partial charge < -0.3 is 15.1 Å². The number of likely N-dealkylation sites (tertiary alicyclic amines) is 1. The van der Waals surface area contributed by atoms with Crippen molar-refractivity contribution in [2.24, 2.45) is 0 Å². The van der Waals surface area contributed by atoms with Crippen LogP contribution in [0, 0.1) is 0 Å². The van der Waals surface area contributed by atoms with E-state index >= 15 is 0 Å². The van der Waals surface area contributed by atoms with Crippen molar-refractivity contribution < 1.29 is 22.8 Å². The Labute approximate surface area is 175 Å². The molecule has 2 aliphatic rings. The van der Waals surface area contributed by atoms with E-state index in [4.69, 9.17) is 0 Å². The molecule has 0 saturated carbocycles. The first kappa shape index (κ1) is 22.4. The summed E-state index contributed by atoms with van der Waals surface area (Å²) in [5.74, 6) is 0.0401. The van der Waals surface area contributed by atoms with Gasteiger partial charge >= 0.3 is 12.2 Å². The quantitative estimate of drug-likeness (QED) is 0.805. The number of carbonyl (C=O) groups excluding carboxylic acids is 2. The first-order chi connectivity index (χ1) is 14.3. The molecule has 1 N–H and O–H groups in total. The third kappa shape index (κ3) is 6.62. The maximum atomic E-state index is 12.6. The zero-order chi connectivity index (χ0) is 21.6. The number of piperidine rings is 1. The van der Waals surface area contributed by atoms with E-state index in [0.717, 1.165) is 31.5 Å². The number of alkyl halides is 3. The highest BCUT2D eigenvalue weighted by Crippen LogP contribution is 2.18. The normalized spacial score (nSPS) is 18.8. The minimum atomic E-state index is -4.22. The van der Waals surface area contributed by atoms with E-state index in [1.807, 2.05) is 17.0 Å². The van der Waals surface area contributed by atoms with E-state index in [0.29, 0.717) is 31.6 Å². The van der Waals surface area contributed by atoms with Crippen LogP contribution in [0.1, 0.15) is 41.6 Å². The smallest absolute Gasteiger partial charge is 0.339 e. The van der Waals surface area contributed by atoms with Crippen LogP contribution in [0.15, 0.2) is 24.3 Å². The Morgan fingerprint density at radius 3 is 2.17 bits per heavy atom. The molecule has 0 spiro atoms. The SMILES string of the molecule is O=C(NCc1ccc(C(=O)N2CCCCC2)cc1)N1CCCN(CC(F)(F)F)CC1. The van der Waals surface area contributed by atoms with Crippen LogP contribution in [0.5, 0.6) is 0 Å². The lowest BCUT2D eigenvalue weighted by Gasteiger charge is -2.26. The zero-order valence-corrected chi connectivity index (χ0v) is 17.1. The van der Waals surface area contributed by atoms with Crippen LogP contribution in [0.2, 0.25) is 0 Å². The Balaban J connectivity index is 1.45. The number of hydrogen-bond donors (Lipinski definition) is 1. The number of nitrogens with one attached hydrogen (secondary N) is 1. The van der Waals surface area contributed by atoms with Gasteiger partial charge in [0.25, 0.3) is 5.91 Å². The second-order valence-electron chi connectivity index (χ2n) is 7.94. The van der Waals surface area contributed by atoms with Gasteiger partial charge in [-0.25, -0.2) is 4.79 Å². The van der Waals surface area contributed by atoms with E-state index < -0.39 is 12.7 Å². The van der Waals surface area contributed by atoms with Crippen LogP contribution in [0.4, 0.5) is 18.0 Å². The molecule has 2 fully saturated rings. The third-order valence-electron chi connectivity index (χ3n) is 5.57. The summed E-state index contributed by atoms with van der Waals surface area (Å²) in [6.45, 7) is 2.20. The van der Waals surface area contributed by atoms with Crippen LogP contribution < -0.4 is 5.32 Å². The van der Waals surface area contributed by atoms with Gasteiger partial charge in [-0.05, 0) is 43.4 Å². The molecule has 9 heteroatoms. The Kier molecular flexibility index (Phi) is 7.58. The molecule has 2 aliphatic heterocycles. The average Bonchev–Trinajstić information content (AvgIpc) is 2.97. The van der Waals surface area contributed by atoms with Gasteiger partial charge in [-0.3, -0.25) is 9.69 Å². The number of halogens is 3. The monoisotopic (exact) mass is 426 g/mol. The van der Waals surface area contributed by atoms with Crippen molar-refractivity contribution in [3.63, 3.8) is 0 Å². The predicted octanol–water partition coefficient (Wildman–Crippen LogP) is 3.09. The van der Waals surface area contributed by atoms with Gasteiger partial charge in [0, 0.05) is 51.4 Å². The number of carbonyl (C=O) groups is 2. The van der Waals surface area contributed by atoms with Crippen LogP contribution in [-0.2, 0) is 6.54 Å². The summed E-state index contributed by atoms with van der Waals surface area (Å²) in [7, 11) is 0. The van der Waals surface area contributed by atoms with E-state index in [9.17, 15) is 22.8 Å². The number of hydrogen-bond acceptors (Lipinski definition) is 3. The molecule has 166 valence electrons. The van der Waals surface area contributed by atoms with Crippen LogP contribution in [0.25, 0.3) is 0 Å². The lowest BCUT2D eigenvalue weighted by atomic mass is 10.1. The van der Waals surface area contributed by atoms with Gasteiger partial charge in [0.1, 0.15) is 0 Å². The van der Waals surface area contributed by atoms with Gasteiger partial charge in [0.15, 0.2) is 0 Å². The Hall–Kier alpha value is -2.29. The van der Waals surface area contributed by atoms with Crippen LogP contribution >= 0.6 is 0 Å². The van der Waals surface area contributed by atoms with Crippen molar-refractivity contribution in [2.45, 2.75) is 38.4 Å². The van der Waals surface area contributed by atoms with Crippen molar-refractivity contribution >= 4 is 11.9 Å². The van der Waals surface area contributed by atoms with E-state index in [1.54, 1.807) is 17.0 Å². The van der Waals surface area contributed by atoms with Crippen molar-refractivity contribution in [2.75, 3.05) is 45.8 Å². The molecule has 0 atom stereocenters. The summed E-state index contributed by atoms with van der Waals surface area (Å²) in [5, 5.41) is 2.82. The number of nitrogens with zero attached hydrogens (tertiary/aromatic N) is 3. The molecular formula is C21H29F3N4O2. The van der Waals surface area contributed by atoms with Crippen LogP contribution in [0.3, 0.4) is 0 Å². The predicted molar refractivity (Wildman–Crippen MR) is 107 cm³/mol. The van der Waals surface area contributed by atoms with Crippen LogP contribution in [-0.4, -0.2) is 78.6 Å². The molecule has 0 aliphatic carbocycles. The molecule has 0 bridgehead atoms. The zero-order valence-electron chi connectivity index (χ0n) is 17.1. The highest BCUT2D eigenvalue weighted by molar-refractivity contribution is 5.94. The molecular weight excluding hydrogens is 397 g/mol. The molecule has 2 saturated heterocycles. The second-order valence-corrected chi connectivity index (χ2v) is 7.94. The molecule has 0 aromatic heterocycles. The Morgan fingerprint density at radius 2 is 1.50 bits per heavy atom. The first-order valence-corrected chi connectivity index (χ1v) is 10.5. The minimum Gasteiger partial charge on any atom is -0.339 e. The molecule has 3 rings (SSSR count). The highest BCUT2D eigenvalue weighted by atomic mass is 19.4. The summed E-state index contributed by atoms with van der Waals surface area (Å²) in [5.41, 5.74) is 1.51. The second kappa shape index (κ2) is 10.1. The summed E-state index contributed by atoms with van der Waals surface area (Å²) < 4.78 is 37.7. The fourth-order valence-electron chi connectivity index (χ4n) is 3.92. The molecule has 2 heterocycles. The van der Waals surface area contributed by atoms with Gasteiger partial charge in [0.2, 0.25) is 0 Å². The summed E-state index contributed by atoms with van der Waals surface area (Å²) in [4.78, 5) is 29.7. The lowest BCUT2D eigenvalue weighted by Crippen LogP contribution is -2.42. The fourth-order valence-corrected chi connectivity index (χ4v) is 3.92. The Morgan fingerprint density at radius 1 is 0.833 bits per heavy atom. The highest BCUT2D eigenvalue weighted by Gasteiger charge is 2.31. The topological polar surface area (TPSA) is 55.9 Å². The summed E-state index contributed by atoms with van der Waals surface area (Å²) >= 11 is 0. The number of benzene rings is 1. The third-order valence-corrected chi connectivity index (χ3v) is 5.57. The maximum absolute atomic E-state index is 12.6. The molecule has 3 amide bonds. The van der Waals surface area contributed by atoms with Gasteiger partial charge in [0.05, 0.1) is 6.54 Å². The largest absolute Gasteiger partial charge is 0.401 e. The summed E-state index contributed by atoms with van der Waals surface area (Å²) in [6, 6.07) is 6.92. The van der Waals surface area contributed by atoms with Crippen molar-refractivity contribution in [3.8, 4) is 0 Å². The number of urea groups is 1. The maximum Gasteiger partial charge on any atom is 0.401 e. The molecule has 30 heavy (non-hydrogen) atoms. The molecule has 0 radical (unpaired) electrons. The number of amides is 3. The first-order valence-electron chi connectivity index (χ1n) is 10.5. The standard InChI is InChI=1S/C21H29F3N4O2/c22-21(23,24)16-26-9-4-12-28(14-13-26)20(30)25-15-17-5-7-18(8-6-17)19(29)27-10-2-1-3-11-27/h5-8H,1-4,9-16H2,(H,25,30). The van der Waals surface area contributed by atoms with E-state index in [1.165, 1.54) is 11.3 Å². The van der Waals surface area contributed by atoms with Crippen molar-refractivity contribution in [1.29, 1.82) is 0 Å². The van der Waals surface area contributed by atoms with Crippen molar-refractivity contribution in [3.05, 3.63) is 35.4 Å². The minimum absolute atomic E-state index is 0.0401. The van der Waals surface area contributed by atoms with E-state index in [2.05, 4.69) is 5.32 Å². The van der Waals surface area contributed by atoms with Gasteiger partial charge in [-0.1, -0.05) is 12.1 Å². The van der Waals surface area contributed by atoms with Crippen molar-refractivity contribution in [1.82, 2.24) is 20.0 Å². The van der Waals surface area contributed by atoms with Gasteiger partial charge in [-0.2, -0.15) is 13.2 Å². The van der Waals surface area contributed by atoms with E-state index in [-0.39, 0.29) is 25.0 Å². The molecule has 1 aromatic carbocycles.